The van der Waals surface area contributed by atoms with Crippen molar-refractivity contribution in [1.29, 1.82) is 0 Å². The number of hydrogen-bond acceptors (Lipinski definition) is 2. The molecule has 0 aromatic heterocycles. The summed E-state index contributed by atoms with van der Waals surface area (Å²) in [7, 11) is 2.02. The third-order valence-corrected chi connectivity index (χ3v) is 4.50. The summed E-state index contributed by atoms with van der Waals surface area (Å²) in [6.07, 6.45) is 1.21. The Hall–Kier alpha value is -0.470. The maximum absolute atomic E-state index is 3.24. The van der Waals surface area contributed by atoms with Gasteiger partial charge in [-0.1, -0.05) is 24.3 Å². The number of hydrogen-bond donors (Lipinski definition) is 1. The first-order valence-corrected chi connectivity index (χ1v) is 6.12. The predicted molar refractivity (Wildman–Crippen MR) is 63.6 cm³/mol. The van der Waals surface area contributed by atoms with Crippen LogP contribution in [-0.4, -0.2) is 13.6 Å². The summed E-state index contributed by atoms with van der Waals surface area (Å²) in [6, 6.07) is 8.84. The number of rotatable bonds is 3. The van der Waals surface area contributed by atoms with Crippen molar-refractivity contribution in [2.24, 2.45) is 0 Å². The number of thioether (sulfide) groups is 1. The van der Waals surface area contributed by atoms with Crippen LogP contribution in [0.25, 0.3) is 0 Å². The molecular formula is C12H17NS. The Morgan fingerprint density at radius 3 is 3.00 bits per heavy atom. The minimum Gasteiger partial charge on any atom is -0.320 e. The molecule has 0 radical (unpaired) electrons. The van der Waals surface area contributed by atoms with E-state index in [0.29, 0.717) is 4.75 Å². The fourth-order valence-electron chi connectivity index (χ4n) is 2.05. The molecule has 14 heavy (non-hydrogen) atoms. The number of benzene rings is 1. The Labute approximate surface area is 90.3 Å². The van der Waals surface area contributed by atoms with Crippen molar-refractivity contribution < 1.29 is 0 Å². The zero-order valence-corrected chi connectivity index (χ0v) is 9.66. The van der Waals surface area contributed by atoms with Crippen LogP contribution in [0.5, 0.6) is 0 Å². The van der Waals surface area contributed by atoms with Gasteiger partial charge < -0.3 is 5.32 Å². The molecule has 0 spiro atoms. The minimum absolute atomic E-state index is 0.333. The molecule has 1 unspecified atom stereocenters. The van der Waals surface area contributed by atoms with E-state index < -0.39 is 0 Å². The Kier molecular flexibility index (Phi) is 2.84. The van der Waals surface area contributed by atoms with Gasteiger partial charge in [-0.05, 0) is 38.1 Å². The summed E-state index contributed by atoms with van der Waals surface area (Å²) in [6.45, 7) is 3.46. The van der Waals surface area contributed by atoms with Crippen LogP contribution in [0, 0.1) is 0 Å². The quantitative estimate of drug-likeness (QED) is 0.818. The molecule has 1 heterocycles. The average molecular weight is 207 g/mol. The molecule has 0 aliphatic carbocycles. The molecule has 76 valence electrons. The summed E-state index contributed by atoms with van der Waals surface area (Å²) < 4.78 is 0.333. The standard InChI is InChI=1S/C12H17NS/c1-12(7-8-13-2)11-6-4-3-5-10(11)9-14-12/h3-6,13H,7-9H2,1-2H3. The molecule has 0 saturated carbocycles. The van der Waals surface area contributed by atoms with Crippen LogP contribution in [0.2, 0.25) is 0 Å². The summed E-state index contributed by atoms with van der Waals surface area (Å²) >= 11 is 2.07. The lowest BCUT2D eigenvalue weighted by Gasteiger charge is -2.24. The molecule has 1 atom stereocenters. The van der Waals surface area contributed by atoms with Crippen molar-refractivity contribution in [2.45, 2.75) is 23.8 Å². The van der Waals surface area contributed by atoms with Crippen LogP contribution in [-0.2, 0) is 10.5 Å². The van der Waals surface area contributed by atoms with Crippen molar-refractivity contribution >= 4 is 11.8 Å². The van der Waals surface area contributed by atoms with Gasteiger partial charge in [0.15, 0.2) is 0 Å². The van der Waals surface area contributed by atoms with E-state index in [-0.39, 0.29) is 0 Å². The number of fused-ring (bicyclic) bond motifs is 1. The van der Waals surface area contributed by atoms with Gasteiger partial charge in [-0.2, -0.15) is 0 Å². The lowest BCUT2D eigenvalue weighted by molar-refractivity contribution is 0.596. The maximum Gasteiger partial charge on any atom is 0.0398 e. The van der Waals surface area contributed by atoms with Gasteiger partial charge in [-0.15, -0.1) is 11.8 Å². The van der Waals surface area contributed by atoms with Gasteiger partial charge in [-0.25, -0.2) is 0 Å². The second kappa shape index (κ2) is 3.95. The lowest BCUT2D eigenvalue weighted by Crippen LogP contribution is -2.21. The van der Waals surface area contributed by atoms with Gasteiger partial charge in [0.2, 0.25) is 0 Å². The van der Waals surface area contributed by atoms with Crippen LogP contribution < -0.4 is 5.32 Å². The highest BCUT2D eigenvalue weighted by Gasteiger charge is 2.33. The van der Waals surface area contributed by atoms with Gasteiger partial charge in [0.1, 0.15) is 0 Å². The van der Waals surface area contributed by atoms with Crippen molar-refractivity contribution in [2.75, 3.05) is 13.6 Å². The maximum atomic E-state index is 3.24. The Morgan fingerprint density at radius 2 is 2.21 bits per heavy atom. The zero-order valence-electron chi connectivity index (χ0n) is 8.84. The van der Waals surface area contributed by atoms with Crippen LogP contribution in [0.3, 0.4) is 0 Å². The largest absolute Gasteiger partial charge is 0.320 e. The molecule has 1 aliphatic heterocycles. The number of nitrogens with one attached hydrogen (secondary N) is 1. The first-order valence-electron chi connectivity index (χ1n) is 5.13. The lowest BCUT2D eigenvalue weighted by atomic mass is 9.93. The van der Waals surface area contributed by atoms with Gasteiger partial charge in [0.05, 0.1) is 0 Å². The van der Waals surface area contributed by atoms with Gasteiger partial charge >= 0.3 is 0 Å². The Bertz CT molecular complexity index is 324. The van der Waals surface area contributed by atoms with Gasteiger partial charge in [-0.3, -0.25) is 0 Å². The average Bonchev–Trinajstić information content (AvgIpc) is 2.55. The highest BCUT2D eigenvalue weighted by atomic mass is 32.2. The Balaban J connectivity index is 2.23. The molecule has 0 fully saturated rings. The highest BCUT2D eigenvalue weighted by molar-refractivity contribution is 7.99. The van der Waals surface area contributed by atoms with Gasteiger partial charge in [0, 0.05) is 10.5 Å². The first-order chi connectivity index (χ1) is 6.76. The normalized spacial score (nSPS) is 25.0. The van der Waals surface area contributed by atoms with Crippen molar-refractivity contribution in [1.82, 2.24) is 5.32 Å². The summed E-state index contributed by atoms with van der Waals surface area (Å²) in [5, 5.41) is 3.24. The summed E-state index contributed by atoms with van der Waals surface area (Å²) in [5.74, 6) is 1.18. The van der Waals surface area contributed by atoms with E-state index in [1.165, 1.54) is 17.7 Å². The fraction of sp³-hybridized carbons (Fsp3) is 0.500. The van der Waals surface area contributed by atoms with Crippen molar-refractivity contribution in [3.63, 3.8) is 0 Å². The molecule has 0 bridgehead atoms. The zero-order chi connectivity index (χ0) is 10.0. The highest BCUT2D eigenvalue weighted by Crippen LogP contribution is 2.48. The van der Waals surface area contributed by atoms with E-state index in [0.717, 1.165) is 6.54 Å². The van der Waals surface area contributed by atoms with Crippen molar-refractivity contribution in [3.05, 3.63) is 35.4 Å². The monoisotopic (exact) mass is 207 g/mol. The molecule has 2 rings (SSSR count). The van der Waals surface area contributed by atoms with Crippen LogP contribution in [0.15, 0.2) is 24.3 Å². The third kappa shape index (κ3) is 1.69. The third-order valence-electron chi connectivity index (χ3n) is 2.99. The second-order valence-electron chi connectivity index (χ2n) is 4.03. The Morgan fingerprint density at radius 1 is 1.43 bits per heavy atom. The van der Waals surface area contributed by atoms with Crippen LogP contribution in [0.4, 0.5) is 0 Å². The molecule has 1 aromatic rings. The van der Waals surface area contributed by atoms with E-state index in [9.17, 15) is 0 Å². The predicted octanol–water partition coefficient (Wildman–Crippen LogP) is 2.76. The van der Waals surface area contributed by atoms with Crippen LogP contribution in [0.1, 0.15) is 24.5 Å². The molecule has 0 amide bonds. The van der Waals surface area contributed by atoms with Crippen LogP contribution >= 0.6 is 11.8 Å². The van der Waals surface area contributed by atoms with E-state index in [1.807, 2.05) is 7.05 Å². The van der Waals surface area contributed by atoms with E-state index in [4.69, 9.17) is 0 Å². The fourth-order valence-corrected chi connectivity index (χ4v) is 3.37. The molecule has 1 aromatic carbocycles. The SMILES string of the molecule is CNCCC1(C)SCc2ccccc21. The minimum atomic E-state index is 0.333. The molecule has 1 nitrogen and oxygen atoms in total. The molecule has 0 saturated heterocycles. The summed E-state index contributed by atoms with van der Waals surface area (Å²) in [4.78, 5) is 0. The molecule has 1 N–H and O–H groups in total. The smallest absolute Gasteiger partial charge is 0.0398 e. The second-order valence-corrected chi connectivity index (χ2v) is 5.51. The van der Waals surface area contributed by atoms with Gasteiger partial charge in [0.25, 0.3) is 0 Å². The molecular weight excluding hydrogens is 190 g/mol. The first kappa shape index (κ1) is 10.1. The van der Waals surface area contributed by atoms with Crippen molar-refractivity contribution in [3.8, 4) is 0 Å². The summed E-state index contributed by atoms with van der Waals surface area (Å²) in [5.41, 5.74) is 3.07. The topological polar surface area (TPSA) is 12.0 Å². The van der Waals surface area contributed by atoms with E-state index in [1.54, 1.807) is 5.56 Å². The molecule has 1 aliphatic rings. The van der Waals surface area contributed by atoms with E-state index in [2.05, 4.69) is 48.3 Å². The van der Waals surface area contributed by atoms with E-state index >= 15 is 0 Å². The molecule has 2 heteroatoms.